The number of phosphoric acid groups is 1. The molecule has 0 amide bonds. The molecule has 2 N–H and O–H groups in total. The van der Waals surface area contributed by atoms with Crippen LogP contribution in [0.15, 0.2) is 12.2 Å². The number of phosphoric ester groups is 1. The van der Waals surface area contributed by atoms with Gasteiger partial charge < -0.3 is 19.3 Å². The van der Waals surface area contributed by atoms with E-state index in [9.17, 15) is 14.2 Å². The van der Waals surface area contributed by atoms with E-state index in [0.717, 1.165) is 57.8 Å². The molecule has 44 heavy (non-hydrogen) atoms. The highest BCUT2D eigenvalue weighted by Crippen LogP contribution is 2.36. The van der Waals surface area contributed by atoms with Crippen molar-refractivity contribution < 1.29 is 37.9 Å². The van der Waals surface area contributed by atoms with E-state index in [1.54, 1.807) is 0 Å². The average Bonchev–Trinajstić information content (AvgIpc) is 2.98. The van der Waals surface area contributed by atoms with Crippen LogP contribution in [0.4, 0.5) is 0 Å². The maximum atomic E-state index is 12.3. The topological polar surface area (TPSA) is 119 Å². The Bertz CT molecular complexity index is 736. The van der Waals surface area contributed by atoms with E-state index in [0.29, 0.717) is 6.42 Å². The van der Waals surface area contributed by atoms with Gasteiger partial charge in [-0.25, -0.2) is 4.57 Å². The first-order chi connectivity index (χ1) is 21.3. The number of carbonyl (C=O) groups excluding carboxylic acids is 2. The van der Waals surface area contributed by atoms with Crippen LogP contribution in [0, 0.1) is 0 Å². The van der Waals surface area contributed by atoms with Gasteiger partial charge in [-0.3, -0.25) is 14.1 Å². The fourth-order valence-corrected chi connectivity index (χ4v) is 5.42. The highest BCUT2D eigenvalue weighted by Gasteiger charge is 2.22. The van der Waals surface area contributed by atoms with Crippen LogP contribution in [-0.4, -0.2) is 41.0 Å². The van der Waals surface area contributed by atoms with Gasteiger partial charge >= 0.3 is 19.8 Å². The second-order valence-corrected chi connectivity index (χ2v) is 13.4. The monoisotopic (exact) mass is 646 g/mol. The second-order valence-electron chi connectivity index (χ2n) is 12.2. The summed E-state index contributed by atoms with van der Waals surface area (Å²) < 4.78 is 26.2. The molecule has 0 aliphatic rings. The Kier molecular flexibility index (Phi) is 30.9. The SMILES string of the molecule is CCCC/C=C\CCCCCCCC(=O)OC(COC(=O)CCCCCCCCCCCCCCCCC)COP(=O)(O)O. The summed E-state index contributed by atoms with van der Waals surface area (Å²) in [7, 11) is -4.74. The lowest BCUT2D eigenvalue weighted by Crippen LogP contribution is -2.29. The minimum absolute atomic E-state index is 0.205. The van der Waals surface area contributed by atoms with Gasteiger partial charge in [0.1, 0.15) is 6.61 Å². The van der Waals surface area contributed by atoms with Crippen molar-refractivity contribution in [2.45, 2.75) is 187 Å². The van der Waals surface area contributed by atoms with E-state index < -0.39 is 32.5 Å². The number of ether oxygens (including phenoxy) is 2. The van der Waals surface area contributed by atoms with Gasteiger partial charge in [-0.05, 0) is 32.1 Å². The molecule has 0 saturated heterocycles. The van der Waals surface area contributed by atoms with Gasteiger partial charge in [-0.2, -0.15) is 0 Å². The van der Waals surface area contributed by atoms with E-state index in [4.69, 9.17) is 19.3 Å². The van der Waals surface area contributed by atoms with Crippen molar-refractivity contribution in [2.24, 2.45) is 0 Å². The first-order valence-corrected chi connectivity index (χ1v) is 19.5. The predicted octanol–water partition coefficient (Wildman–Crippen LogP) is 10.3. The van der Waals surface area contributed by atoms with Crippen LogP contribution in [0.3, 0.4) is 0 Å². The van der Waals surface area contributed by atoms with Crippen LogP contribution in [0.1, 0.15) is 181 Å². The molecule has 0 spiro atoms. The number of carbonyl (C=O) groups is 2. The quantitative estimate of drug-likeness (QED) is 0.0313. The van der Waals surface area contributed by atoms with Crippen LogP contribution in [-0.2, 0) is 28.2 Å². The zero-order valence-corrected chi connectivity index (χ0v) is 29.2. The van der Waals surface area contributed by atoms with Gasteiger partial charge in [0.2, 0.25) is 0 Å². The maximum Gasteiger partial charge on any atom is 0.469 e. The van der Waals surface area contributed by atoms with Crippen LogP contribution >= 0.6 is 7.82 Å². The van der Waals surface area contributed by atoms with Crippen molar-refractivity contribution in [2.75, 3.05) is 13.2 Å². The summed E-state index contributed by atoms with van der Waals surface area (Å²) in [6.45, 7) is 3.63. The Labute approximate surface area is 269 Å². The summed E-state index contributed by atoms with van der Waals surface area (Å²) in [4.78, 5) is 42.5. The molecule has 8 nitrogen and oxygen atoms in total. The molecule has 0 aliphatic carbocycles. The van der Waals surface area contributed by atoms with Gasteiger partial charge in [0, 0.05) is 12.8 Å². The Hall–Kier alpha value is -1.21. The minimum Gasteiger partial charge on any atom is -0.462 e. The molecular weight excluding hydrogens is 579 g/mol. The van der Waals surface area contributed by atoms with Crippen molar-refractivity contribution in [3.8, 4) is 0 Å². The molecule has 0 aromatic carbocycles. The van der Waals surface area contributed by atoms with E-state index in [1.165, 1.54) is 89.9 Å². The third-order valence-electron chi connectivity index (χ3n) is 7.78. The van der Waals surface area contributed by atoms with Gasteiger partial charge in [-0.1, -0.05) is 148 Å². The number of hydrogen-bond acceptors (Lipinski definition) is 6. The summed E-state index contributed by atoms with van der Waals surface area (Å²) >= 11 is 0. The van der Waals surface area contributed by atoms with Crippen LogP contribution in [0.5, 0.6) is 0 Å². The lowest BCUT2D eigenvalue weighted by Gasteiger charge is -2.18. The fourth-order valence-electron chi connectivity index (χ4n) is 5.06. The molecule has 0 saturated carbocycles. The summed E-state index contributed by atoms with van der Waals surface area (Å²) in [5, 5.41) is 0. The van der Waals surface area contributed by atoms with Gasteiger partial charge in [-0.15, -0.1) is 0 Å². The molecule has 1 unspecified atom stereocenters. The van der Waals surface area contributed by atoms with E-state index in [2.05, 4.69) is 30.5 Å². The van der Waals surface area contributed by atoms with Crippen molar-refractivity contribution in [3.63, 3.8) is 0 Å². The van der Waals surface area contributed by atoms with Crippen LogP contribution in [0.2, 0.25) is 0 Å². The number of esters is 2. The molecule has 0 aromatic heterocycles. The van der Waals surface area contributed by atoms with Crippen molar-refractivity contribution in [1.29, 1.82) is 0 Å². The van der Waals surface area contributed by atoms with Gasteiger partial charge in [0.25, 0.3) is 0 Å². The molecular formula is C35H67O8P. The highest BCUT2D eigenvalue weighted by atomic mass is 31.2. The molecule has 9 heteroatoms. The summed E-state index contributed by atoms with van der Waals surface area (Å²) in [5.74, 6) is -0.890. The van der Waals surface area contributed by atoms with Gasteiger partial charge in [0.05, 0.1) is 6.61 Å². The predicted molar refractivity (Wildman–Crippen MR) is 179 cm³/mol. The Morgan fingerprint density at radius 2 is 0.977 bits per heavy atom. The van der Waals surface area contributed by atoms with Gasteiger partial charge in [0.15, 0.2) is 6.10 Å². The Morgan fingerprint density at radius 3 is 1.45 bits per heavy atom. The molecule has 0 rings (SSSR count). The second kappa shape index (κ2) is 31.8. The number of rotatable bonds is 33. The molecule has 0 bridgehead atoms. The molecule has 260 valence electrons. The van der Waals surface area contributed by atoms with Crippen LogP contribution < -0.4 is 0 Å². The summed E-state index contributed by atoms with van der Waals surface area (Å²) in [6, 6.07) is 0. The number of allylic oxidation sites excluding steroid dienone is 2. The van der Waals surface area contributed by atoms with Crippen molar-refractivity contribution in [1.82, 2.24) is 0 Å². The molecule has 0 radical (unpaired) electrons. The normalized spacial score (nSPS) is 12.5. The lowest BCUT2D eigenvalue weighted by atomic mass is 10.0. The highest BCUT2D eigenvalue weighted by molar-refractivity contribution is 7.46. The van der Waals surface area contributed by atoms with E-state index in [1.807, 2.05) is 0 Å². The molecule has 0 heterocycles. The smallest absolute Gasteiger partial charge is 0.462 e. The summed E-state index contributed by atoms with van der Waals surface area (Å²) in [5.41, 5.74) is 0. The maximum absolute atomic E-state index is 12.3. The van der Waals surface area contributed by atoms with E-state index >= 15 is 0 Å². The third-order valence-corrected chi connectivity index (χ3v) is 8.27. The zero-order valence-electron chi connectivity index (χ0n) is 28.3. The number of unbranched alkanes of at least 4 members (excludes halogenated alkanes) is 21. The average molecular weight is 647 g/mol. The largest absolute Gasteiger partial charge is 0.469 e. The Morgan fingerprint density at radius 1 is 0.568 bits per heavy atom. The molecule has 0 aromatic rings. The summed E-state index contributed by atoms with van der Waals surface area (Å²) in [6.07, 6.45) is 32.2. The molecule has 0 aliphatic heterocycles. The minimum atomic E-state index is -4.74. The van der Waals surface area contributed by atoms with Crippen LogP contribution in [0.25, 0.3) is 0 Å². The van der Waals surface area contributed by atoms with Crippen molar-refractivity contribution in [3.05, 3.63) is 12.2 Å². The molecule has 1 atom stereocenters. The fraction of sp³-hybridized carbons (Fsp3) is 0.886. The third kappa shape index (κ3) is 33.7. The zero-order chi connectivity index (χ0) is 32.6. The first kappa shape index (κ1) is 42.8. The lowest BCUT2D eigenvalue weighted by molar-refractivity contribution is -0.161. The van der Waals surface area contributed by atoms with Crippen molar-refractivity contribution >= 4 is 19.8 Å². The molecule has 0 fully saturated rings. The van der Waals surface area contributed by atoms with E-state index in [-0.39, 0.29) is 19.4 Å². The standard InChI is InChI=1S/C35H67O8P/c1-3-5-7-9-11-13-15-16-17-18-20-21-23-25-27-29-34(36)41-31-33(32-42-44(38,39)40)43-35(37)30-28-26-24-22-19-14-12-10-8-6-4-2/h10,12,33H,3-9,11,13-32H2,1-2H3,(H2,38,39,40)/b12-10-. The first-order valence-electron chi connectivity index (χ1n) is 18.0. The Balaban J connectivity index is 3.95. The number of hydrogen-bond donors (Lipinski definition) is 2.